The van der Waals surface area contributed by atoms with E-state index in [1.165, 1.54) is 6.07 Å². The monoisotopic (exact) mass is 292 g/mol. The molecule has 0 aliphatic rings. The smallest absolute Gasteiger partial charge is 0.255 e. The minimum atomic E-state index is -0.226. The second kappa shape index (κ2) is 5.48. The number of benzene rings is 2. The molecule has 3 rings (SSSR count). The van der Waals surface area contributed by atoms with Gasteiger partial charge in [-0.3, -0.25) is 9.59 Å². The molecule has 4 nitrogen and oxygen atoms in total. The Labute approximate surface area is 127 Å². The summed E-state index contributed by atoms with van der Waals surface area (Å²) in [5.74, 6) is -0.226. The fourth-order valence-electron chi connectivity index (χ4n) is 2.43. The van der Waals surface area contributed by atoms with Crippen LogP contribution in [0.4, 0.5) is 5.69 Å². The van der Waals surface area contributed by atoms with Gasteiger partial charge in [-0.2, -0.15) is 0 Å². The van der Waals surface area contributed by atoms with E-state index in [1.807, 2.05) is 38.1 Å². The Morgan fingerprint density at radius 3 is 2.59 bits per heavy atom. The van der Waals surface area contributed by atoms with E-state index in [-0.39, 0.29) is 11.3 Å². The molecule has 1 heterocycles. The third-order valence-corrected chi connectivity index (χ3v) is 3.62. The number of pyridine rings is 1. The fourth-order valence-corrected chi connectivity index (χ4v) is 2.43. The predicted molar refractivity (Wildman–Crippen MR) is 88.4 cm³/mol. The zero-order valence-electron chi connectivity index (χ0n) is 12.4. The summed E-state index contributed by atoms with van der Waals surface area (Å²) in [6.07, 6.45) is 0. The van der Waals surface area contributed by atoms with Gasteiger partial charge in [0.2, 0.25) is 0 Å². The maximum atomic E-state index is 12.4. The van der Waals surface area contributed by atoms with Crippen molar-refractivity contribution in [2.24, 2.45) is 0 Å². The number of carbonyl (C=O) groups is 1. The molecule has 0 saturated carbocycles. The lowest BCUT2D eigenvalue weighted by Gasteiger charge is -2.09. The summed E-state index contributed by atoms with van der Waals surface area (Å²) in [5, 5.41) is 3.39. The van der Waals surface area contributed by atoms with Crippen molar-refractivity contribution < 1.29 is 4.79 Å². The van der Waals surface area contributed by atoms with Crippen LogP contribution in [0.25, 0.3) is 10.9 Å². The zero-order chi connectivity index (χ0) is 15.7. The number of nitrogens with one attached hydrogen (secondary N) is 2. The Kier molecular flexibility index (Phi) is 3.51. The van der Waals surface area contributed by atoms with Crippen LogP contribution in [0, 0.1) is 13.8 Å². The molecular formula is C18H16N2O2. The third-order valence-electron chi connectivity index (χ3n) is 3.62. The van der Waals surface area contributed by atoms with Crippen LogP contribution >= 0.6 is 0 Å². The molecule has 0 aliphatic heterocycles. The van der Waals surface area contributed by atoms with Crippen LogP contribution in [-0.2, 0) is 0 Å². The Bertz CT molecular complexity index is 926. The summed E-state index contributed by atoms with van der Waals surface area (Å²) < 4.78 is 0. The molecule has 110 valence electrons. The topological polar surface area (TPSA) is 62.0 Å². The molecule has 3 aromatic rings. The van der Waals surface area contributed by atoms with Crippen molar-refractivity contribution in [2.45, 2.75) is 13.8 Å². The Balaban J connectivity index is 1.98. The number of hydrogen-bond donors (Lipinski definition) is 2. The number of hydrogen-bond acceptors (Lipinski definition) is 2. The van der Waals surface area contributed by atoms with Crippen molar-refractivity contribution in [3.63, 3.8) is 0 Å². The molecule has 2 N–H and O–H groups in total. The van der Waals surface area contributed by atoms with Crippen molar-refractivity contribution in [1.82, 2.24) is 4.98 Å². The first-order valence-electron chi connectivity index (χ1n) is 7.05. The summed E-state index contributed by atoms with van der Waals surface area (Å²) in [6.45, 7) is 3.77. The van der Waals surface area contributed by atoms with E-state index in [4.69, 9.17) is 0 Å². The molecule has 0 radical (unpaired) electrons. The van der Waals surface area contributed by atoms with Gasteiger partial charge in [0.05, 0.1) is 0 Å². The van der Waals surface area contributed by atoms with Crippen LogP contribution in [0.5, 0.6) is 0 Å². The standard InChI is InChI=1S/C18H16N2O2/c1-11-5-3-4-6-15(11)20-18(22)13-7-8-16-14(10-13)17(21)9-12(2)19-16/h3-10H,1-2H3,(H,19,21)(H,20,22). The highest BCUT2D eigenvalue weighted by molar-refractivity contribution is 6.06. The maximum absolute atomic E-state index is 12.4. The van der Waals surface area contributed by atoms with Crippen LogP contribution in [0.3, 0.4) is 0 Å². The molecule has 0 saturated heterocycles. The van der Waals surface area contributed by atoms with Gasteiger partial charge < -0.3 is 10.3 Å². The van der Waals surface area contributed by atoms with Crippen LogP contribution in [-0.4, -0.2) is 10.9 Å². The number of aryl methyl sites for hydroxylation is 2. The molecule has 1 amide bonds. The second-order valence-corrected chi connectivity index (χ2v) is 5.35. The van der Waals surface area contributed by atoms with E-state index in [0.29, 0.717) is 10.9 Å². The zero-order valence-corrected chi connectivity index (χ0v) is 12.4. The average molecular weight is 292 g/mol. The first-order chi connectivity index (χ1) is 10.5. The minimum absolute atomic E-state index is 0.0863. The lowest BCUT2D eigenvalue weighted by atomic mass is 10.1. The van der Waals surface area contributed by atoms with Crippen molar-refractivity contribution in [3.8, 4) is 0 Å². The number of rotatable bonds is 2. The molecule has 0 bridgehead atoms. The van der Waals surface area contributed by atoms with E-state index in [0.717, 1.165) is 22.5 Å². The van der Waals surface area contributed by atoms with E-state index >= 15 is 0 Å². The number of H-pyrrole nitrogens is 1. The number of amides is 1. The Morgan fingerprint density at radius 2 is 1.82 bits per heavy atom. The number of aromatic nitrogens is 1. The summed E-state index contributed by atoms with van der Waals surface area (Å²) in [5.41, 5.74) is 3.67. The third kappa shape index (κ3) is 2.63. The van der Waals surface area contributed by atoms with Crippen molar-refractivity contribution in [1.29, 1.82) is 0 Å². The van der Waals surface area contributed by atoms with Gasteiger partial charge in [0, 0.05) is 33.9 Å². The van der Waals surface area contributed by atoms with Gasteiger partial charge in [0.25, 0.3) is 5.91 Å². The molecule has 0 atom stereocenters. The lowest BCUT2D eigenvalue weighted by Crippen LogP contribution is -2.13. The molecule has 0 spiro atoms. The molecular weight excluding hydrogens is 276 g/mol. The normalized spacial score (nSPS) is 10.6. The van der Waals surface area contributed by atoms with Gasteiger partial charge in [-0.05, 0) is 43.7 Å². The van der Waals surface area contributed by atoms with E-state index < -0.39 is 0 Å². The van der Waals surface area contributed by atoms with Crippen molar-refractivity contribution in [2.75, 3.05) is 5.32 Å². The van der Waals surface area contributed by atoms with Gasteiger partial charge in [0.1, 0.15) is 0 Å². The largest absolute Gasteiger partial charge is 0.358 e. The SMILES string of the molecule is Cc1cc(=O)c2cc(C(=O)Nc3ccccc3C)ccc2[nH]1. The molecule has 4 heteroatoms. The number of para-hydroxylation sites is 1. The first-order valence-corrected chi connectivity index (χ1v) is 7.05. The lowest BCUT2D eigenvalue weighted by molar-refractivity contribution is 0.102. The molecule has 0 unspecified atom stereocenters. The molecule has 0 aliphatic carbocycles. The Hall–Kier alpha value is -2.88. The molecule has 2 aromatic carbocycles. The summed E-state index contributed by atoms with van der Waals surface area (Å²) in [7, 11) is 0. The molecule has 22 heavy (non-hydrogen) atoms. The highest BCUT2D eigenvalue weighted by Crippen LogP contribution is 2.16. The van der Waals surface area contributed by atoms with Crippen LogP contribution in [0.15, 0.2) is 53.3 Å². The highest BCUT2D eigenvalue weighted by atomic mass is 16.1. The summed E-state index contributed by atoms with van der Waals surface area (Å²) in [6, 6.07) is 14.2. The van der Waals surface area contributed by atoms with Gasteiger partial charge in [-0.15, -0.1) is 0 Å². The van der Waals surface area contributed by atoms with E-state index in [2.05, 4.69) is 10.3 Å². The maximum Gasteiger partial charge on any atom is 0.255 e. The van der Waals surface area contributed by atoms with Gasteiger partial charge in [0.15, 0.2) is 5.43 Å². The Morgan fingerprint density at radius 1 is 1.05 bits per heavy atom. The number of fused-ring (bicyclic) bond motifs is 1. The van der Waals surface area contributed by atoms with Crippen LogP contribution < -0.4 is 10.7 Å². The quantitative estimate of drug-likeness (QED) is 0.760. The second-order valence-electron chi connectivity index (χ2n) is 5.35. The summed E-state index contributed by atoms with van der Waals surface area (Å²) in [4.78, 5) is 27.5. The molecule has 1 aromatic heterocycles. The van der Waals surface area contributed by atoms with Gasteiger partial charge in [-0.1, -0.05) is 18.2 Å². The fraction of sp³-hybridized carbons (Fsp3) is 0.111. The number of anilines is 1. The number of aromatic amines is 1. The van der Waals surface area contributed by atoms with Crippen LogP contribution in [0.1, 0.15) is 21.6 Å². The highest BCUT2D eigenvalue weighted by Gasteiger charge is 2.09. The molecule has 0 fully saturated rings. The predicted octanol–water partition coefficient (Wildman–Crippen LogP) is 3.40. The first kappa shape index (κ1) is 14.1. The van der Waals surface area contributed by atoms with Gasteiger partial charge in [-0.25, -0.2) is 0 Å². The van der Waals surface area contributed by atoms with E-state index in [9.17, 15) is 9.59 Å². The number of carbonyl (C=O) groups excluding carboxylic acids is 1. The van der Waals surface area contributed by atoms with E-state index in [1.54, 1.807) is 18.2 Å². The summed E-state index contributed by atoms with van der Waals surface area (Å²) >= 11 is 0. The van der Waals surface area contributed by atoms with Crippen LogP contribution in [0.2, 0.25) is 0 Å². The average Bonchev–Trinajstić information content (AvgIpc) is 2.49. The van der Waals surface area contributed by atoms with Crippen molar-refractivity contribution in [3.05, 3.63) is 75.6 Å². The van der Waals surface area contributed by atoms with Crippen molar-refractivity contribution >= 4 is 22.5 Å². The van der Waals surface area contributed by atoms with Gasteiger partial charge >= 0.3 is 0 Å². The minimum Gasteiger partial charge on any atom is -0.358 e.